The van der Waals surface area contributed by atoms with Crippen LogP contribution in [0.5, 0.6) is 11.5 Å². The molecule has 140 valence electrons. The third kappa shape index (κ3) is 3.52. The molecule has 2 heterocycles. The van der Waals surface area contributed by atoms with Gasteiger partial charge in [0.2, 0.25) is 0 Å². The van der Waals surface area contributed by atoms with E-state index in [-0.39, 0.29) is 5.75 Å². The van der Waals surface area contributed by atoms with Crippen molar-refractivity contribution in [1.82, 2.24) is 9.97 Å². The molecule has 4 rings (SSSR count). The summed E-state index contributed by atoms with van der Waals surface area (Å²) in [5, 5.41) is 15.4. The molecule has 6 nitrogen and oxygen atoms in total. The normalized spacial score (nSPS) is 11.6. The number of thiophene rings is 1. The van der Waals surface area contributed by atoms with Crippen molar-refractivity contribution < 1.29 is 9.84 Å². The summed E-state index contributed by atoms with van der Waals surface area (Å²) in [5.41, 5.74) is 5.35. The Balaban J connectivity index is 1.66. The molecule has 28 heavy (non-hydrogen) atoms. The van der Waals surface area contributed by atoms with Crippen molar-refractivity contribution in [3.05, 3.63) is 66.5 Å². The summed E-state index contributed by atoms with van der Waals surface area (Å²) < 4.78 is 5.22. The number of phenolic OH excluding ortho intramolecular Hbond substituents is 1. The van der Waals surface area contributed by atoms with Gasteiger partial charge in [-0.25, -0.2) is 9.97 Å². The quantitative estimate of drug-likeness (QED) is 0.374. The molecular formula is C21H18N4O2S. The number of fused-ring (bicyclic) bond motifs is 1. The van der Waals surface area contributed by atoms with Gasteiger partial charge in [-0.1, -0.05) is 30.3 Å². The highest BCUT2D eigenvalue weighted by molar-refractivity contribution is 7.21. The van der Waals surface area contributed by atoms with Crippen molar-refractivity contribution in [3.8, 4) is 21.9 Å². The predicted octanol–water partition coefficient (Wildman–Crippen LogP) is 4.91. The summed E-state index contributed by atoms with van der Waals surface area (Å²) >= 11 is 1.61. The fourth-order valence-electron chi connectivity index (χ4n) is 2.82. The lowest BCUT2D eigenvalue weighted by atomic mass is 10.1. The number of nitrogens with zero attached hydrogens (tertiary/aromatic N) is 3. The van der Waals surface area contributed by atoms with Gasteiger partial charge >= 0.3 is 0 Å². The van der Waals surface area contributed by atoms with Crippen molar-refractivity contribution in [3.63, 3.8) is 0 Å². The van der Waals surface area contributed by atoms with Crippen LogP contribution in [0.25, 0.3) is 20.7 Å². The SMILES string of the molecule is COc1ccc(O)c(/C(C)=N/Nc2ncnc3sc(-c4ccccc4)cc23)c1. The molecule has 0 saturated carbocycles. The maximum absolute atomic E-state index is 10.1. The molecule has 2 aromatic carbocycles. The number of ether oxygens (including phenoxy) is 1. The van der Waals surface area contributed by atoms with Crippen LogP contribution in [0, 0.1) is 0 Å². The molecule has 0 bridgehead atoms. The number of rotatable bonds is 5. The number of hydrogen-bond donors (Lipinski definition) is 2. The Morgan fingerprint density at radius 3 is 2.71 bits per heavy atom. The van der Waals surface area contributed by atoms with E-state index >= 15 is 0 Å². The molecule has 0 aliphatic carbocycles. The lowest BCUT2D eigenvalue weighted by molar-refractivity contribution is 0.412. The summed E-state index contributed by atoms with van der Waals surface area (Å²) in [4.78, 5) is 10.7. The Labute approximate surface area is 166 Å². The number of aromatic nitrogens is 2. The van der Waals surface area contributed by atoms with Crippen LogP contribution in [-0.2, 0) is 0 Å². The van der Waals surface area contributed by atoms with Crippen LogP contribution < -0.4 is 10.2 Å². The minimum atomic E-state index is 0.138. The number of hydrazone groups is 1. The van der Waals surface area contributed by atoms with Crippen LogP contribution in [0.1, 0.15) is 12.5 Å². The lowest BCUT2D eigenvalue weighted by Gasteiger charge is -2.07. The van der Waals surface area contributed by atoms with Crippen molar-refractivity contribution in [2.75, 3.05) is 12.5 Å². The topological polar surface area (TPSA) is 79.6 Å². The summed E-state index contributed by atoms with van der Waals surface area (Å²) in [7, 11) is 1.58. The zero-order chi connectivity index (χ0) is 19.5. The summed E-state index contributed by atoms with van der Waals surface area (Å²) in [5.74, 6) is 1.40. The molecule has 0 fully saturated rings. The van der Waals surface area contributed by atoms with E-state index in [0.717, 1.165) is 20.7 Å². The van der Waals surface area contributed by atoms with Gasteiger partial charge in [0.1, 0.15) is 22.7 Å². The van der Waals surface area contributed by atoms with Gasteiger partial charge in [0.25, 0.3) is 0 Å². The smallest absolute Gasteiger partial charge is 0.158 e. The van der Waals surface area contributed by atoms with Gasteiger partial charge in [0, 0.05) is 10.4 Å². The number of aromatic hydroxyl groups is 1. The summed E-state index contributed by atoms with van der Waals surface area (Å²) in [6, 6.07) is 17.2. The Hall–Kier alpha value is -3.45. The van der Waals surface area contributed by atoms with Gasteiger partial charge in [-0.05, 0) is 36.8 Å². The first-order valence-corrected chi connectivity index (χ1v) is 9.45. The van der Waals surface area contributed by atoms with Crippen molar-refractivity contribution in [2.45, 2.75) is 6.92 Å². The molecule has 0 aliphatic rings. The van der Waals surface area contributed by atoms with Gasteiger partial charge in [-0.2, -0.15) is 5.10 Å². The lowest BCUT2D eigenvalue weighted by Crippen LogP contribution is -2.02. The summed E-state index contributed by atoms with van der Waals surface area (Å²) in [6.07, 6.45) is 1.52. The fraction of sp³-hybridized carbons (Fsp3) is 0.0952. The molecule has 0 unspecified atom stereocenters. The maximum Gasteiger partial charge on any atom is 0.158 e. The second kappa shape index (κ2) is 7.66. The van der Waals surface area contributed by atoms with Crippen molar-refractivity contribution >= 4 is 33.1 Å². The van der Waals surface area contributed by atoms with E-state index in [0.29, 0.717) is 22.8 Å². The van der Waals surface area contributed by atoms with E-state index in [4.69, 9.17) is 4.74 Å². The monoisotopic (exact) mass is 390 g/mol. The molecule has 0 saturated heterocycles. The summed E-state index contributed by atoms with van der Waals surface area (Å²) in [6.45, 7) is 1.81. The van der Waals surface area contributed by atoms with Crippen LogP contribution in [0.4, 0.5) is 5.82 Å². The molecule has 4 aromatic rings. The standard InChI is InChI=1S/C21H18N4O2S/c1-13(16-10-15(27-2)8-9-18(16)26)24-25-20-17-11-19(14-6-4-3-5-7-14)28-21(17)23-12-22-20/h3-12,26H,1-2H3,(H,22,23,25)/b24-13+. The first-order chi connectivity index (χ1) is 13.7. The number of benzene rings is 2. The van der Waals surface area contributed by atoms with E-state index in [1.54, 1.807) is 36.6 Å². The van der Waals surface area contributed by atoms with Gasteiger partial charge in [0.15, 0.2) is 5.82 Å². The average Bonchev–Trinajstić information content (AvgIpc) is 3.18. The Bertz CT molecular complexity index is 1160. The number of methoxy groups -OCH3 is 1. The van der Waals surface area contributed by atoms with E-state index in [9.17, 15) is 5.11 Å². The minimum Gasteiger partial charge on any atom is -0.507 e. The van der Waals surface area contributed by atoms with E-state index in [1.807, 2.05) is 25.1 Å². The van der Waals surface area contributed by atoms with Crippen molar-refractivity contribution in [2.24, 2.45) is 5.10 Å². The second-order valence-electron chi connectivity index (χ2n) is 6.11. The molecule has 0 amide bonds. The van der Waals surface area contributed by atoms with E-state index in [2.05, 4.69) is 38.7 Å². The molecule has 7 heteroatoms. The van der Waals surface area contributed by atoms with E-state index < -0.39 is 0 Å². The molecular weight excluding hydrogens is 372 g/mol. The fourth-order valence-corrected chi connectivity index (χ4v) is 3.82. The molecule has 0 atom stereocenters. The number of nitrogens with one attached hydrogen (secondary N) is 1. The molecule has 2 aromatic heterocycles. The Morgan fingerprint density at radius 1 is 1.11 bits per heavy atom. The maximum atomic E-state index is 10.1. The highest BCUT2D eigenvalue weighted by atomic mass is 32.1. The van der Waals surface area contributed by atoms with Crippen LogP contribution >= 0.6 is 11.3 Å². The van der Waals surface area contributed by atoms with Crippen LogP contribution in [0.2, 0.25) is 0 Å². The second-order valence-corrected chi connectivity index (χ2v) is 7.14. The zero-order valence-corrected chi connectivity index (χ0v) is 16.2. The molecule has 0 spiro atoms. The van der Waals surface area contributed by atoms with Gasteiger partial charge in [0.05, 0.1) is 18.2 Å². The third-order valence-electron chi connectivity index (χ3n) is 4.31. The van der Waals surface area contributed by atoms with Gasteiger partial charge in [-0.15, -0.1) is 11.3 Å². The first kappa shape index (κ1) is 17.9. The first-order valence-electron chi connectivity index (χ1n) is 8.63. The van der Waals surface area contributed by atoms with E-state index in [1.165, 1.54) is 6.33 Å². The zero-order valence-electron chi connectivity index (χ0n) is 15.4. The molecule has 2 N–H and O–H groups in total. The third-order valence-corrected chi connectivity index (χ3v) is 5.40. The average molecular weight is 390 g/mol. The molecule has 0 radical (unpaired) electrons. The van der Waals surface area contributed by atoms with Crippen molar-refractivity contribution in [1.29, 1.82) is 0 Å². The highest BCUT2D eigenvalue weighted by Gasteiger charge is 2.11. The number of anilines is 1. The predicted molar refractivity (Wildman–Crippen MR) is 113 cm³/mol. The van der Waals surface area contributed by atoms with Crippen LogP contribution in [0.3, 0.4) is 0 Å². The van der Waals surface area contributed by atoms with Gasteiger partial charge < -0.3 is 9.84 Å². The Morgan fingerprint density at radius 2 is 1.93 bits per heavy atom. The molecule has 0 aliphatic heterocycles. The van der Waals surface area contributed by atoms with Gasteiger partial charge in [-0.3, -0.25) is 5.43 Å². The Kier molecular flexibility index (Phi) is 4.90. The largest absolute Gasteiger partial charge is 0.507 e. The highest BCUT2D eigenvalue weighted by Crippen LogP contribution is 2.34. The minimum absolute atomic E-state index is 0.138. The van der Waals surface area contributed by atoms with Crippen LogP contribution in [0.15, 0.2) is 66.0 Å². The van der Waals surface area contributed by atoms with Crippen LogP contribution in [-0.4, -0.2) is 27.9 Å². The number of phenols is 1. The number of hydrogen-bond acceptors (Lipinski definition) is 7.